The Morgan fingerprint density at radius 3 is 2.47 bits per heavy atom. The van der Waals surface area contributed by atoms with Crippen molar-refractivity contribution in [2.24, 2.45) is 11.8 Å². The van der Waals surface area contributed by atoms with Gasteiger partial charge in [-0.15, -0.1) is 5.73 Å². The van der Waals surface area contributed by atoms with Gasteiger partial charge in [0.05, 0.1) is 19.8 Å². The number of aliphatic hydroxyl groups excluding tert-OH is 1. The molecule has 2 rings (SSSR count). The van der Waals surface area contributed by atoms with Crippen LogP contribution in [0.1, 0.15) is 39.5 Å². The molecule has 2 aliphatic carbocycles. The molecule has 0 spiro atoms. The largest absolute Gasteiger partial charge is 0.391 e. The van der Waals surface area contributed by atoms with E-state index in [0.29, 0.717) is 24.4 Å². The Bertz CT molecular complexity index is 427. The molecule has 5 heteroatoms. The Balaban J connectivity index is 2.32. The van der Waals surface area contributed by atoms with Crippen LogP contribution in [-0.4, -0.2) is 24.9 Å². The van der Waals surface area contributed by atoms with Gasteiger partial charge in [-0.25, -0.2) is 0 Å². The van der Waals surface area contributed by atoms with Gasteiger partial charge in [-0.3, -0.25) is 4.57 Å². The first kappa shape index (κ1) is 15.0. The van der Waals surface area contributed by atoms with Crippen LogP contribution in [0, 0.1) is 11.8 Å². The number of hydrogen-bond donors (Lipinski definition) is 1. The molecule has 0 aliphatic heterocycles. The molecule has 2 aliphatic rings. The summed E-state index contributed by atoms with van der Waals surface area (Å²) in [5.41, 5.74) is 4.37. The van der Waals surface area contributed by atoms with E-state index in [2.05, 4.69) is 5.73 Å². The van der Waals surface area contributed by atoms with Crippen molar-refractivity contribution in [1.82, 2.24) is 0 Å². The average Bonchev–Trinajstić information content (AvgIpc) is 2.98. The SMILES string of the molecule is CCOP(=O)(OCC)C(=C=C1C[C@H]2CC[C@@H]1C2)CO. The van der Waals surface area contributed by atoms with E-state index in [0.717, 1.165) is 12.3 Å². The molecule has 0 heterocycles. The smallest absolute Gasteiger partial charge is 0.367 e. The van der Waals surface area contributed by atoms with Gasteiger partial charge in [0.25, 0.3) is 0 Å². The van der Waals surface area contributed by atoms with Crippen LogP contribution in [0.5, 0.6) is 0 Å². The van der Waals surface area contributed by atoms with Crippen LogP contribution in [0.2, 0.25) is 0 Å². The van der Waals surface area contributed by atoms with Crippen molar-refractivity contribution in [1.29, 1.82) is 0 Å². The lowest BCUT2D eigenvalue weighted by Crippen LogP contribution is -2.03. The molecule has 0 unspecified atom stereocenters. The van der Waals surface area contributed by atoms with Crippen molar-refractivity contribution in [2.45, 2.75) is 39.5 Å². The third-order valence-electron chi connectivity index (χ3n) is 3.93. The van der Waals surface area contributed by atoms with Crippen LogP contribution < -0.4 is 0 Å². The Hall–Kier alpha value is -0.370. The fourth-order valence-electron chi connectivity index (χ4n) is 3.12. The molecule has 2 saturated carbocycles. The minimum atomic E-state index is -3.37. The molecule has 1 N–H and O–H groups in total. The van der Waals surface area contributed by atoms with Crippen LogP contribution in [0.3, 0.4) is 0 Å². The van der Waals surface area contributed by atoms with Crippen molar-refractivity contribution in [3.8, 4) is 0 Å². The lowest BCUT2D eigenvalue weighted by molar-refractivity contribution is 0.220. The van der Waals surface area contributed by atoms with Gasteiger partial charge < -0.3 is 14.2 Å². The molecule has 2 atom stereocenters. The molecule has 0 saturated heterocycles. The monoisotopic (exact) mass is 286 g/mol. The standard InChI is InChI=1S/C14H23O4P/c1-3-17-19(16,18-4-2)14(10-15)9-13-8-11-5-6-12(13)7-11/h11-12,15H,3-8,10H2,1-2H3/t9?,11-,12+/m0/s1. The fourth-order valence-corrected chi connectivity index (χ4v) is 4.64. The summed E-state index contributed by atoms with van der Waals surface area (Å²) < 4.78 is 23.2. The van der Waals surface area contributed by atoms with Gasteiger partial charge in [0, 0.05) is 0 Å². The zero-order valence-corrected chi connectivity index (χ0v) is 12.6. The first-order valence-electron chi connectivity index (χ1n) is 7.12. The highest BCUT2D eigenvalue weighted by atomic mass is 31.2. The molecule has 0 aromatic heterocycles. The second-order valence-electron chi connectivity index (χ2n) is 5.17. The highest BCUT2D eigenvalue weighted by molar-refractivity contribution is 7.58. The normalized spacial score (nSPS) is 25.7. The molecule has 0 aromatic carbocycles. The van der Waals surface area contributed by atoms with E-state index in [1.54, 1.807) is 13.8 Å². The molecular formula is C14H23O4P. The average molecular weight is 286 g/mol. The van der Waals surface area contributed by atoms with Crippen LogP contribution in [0.25, 0.3) is 0 Å². The van der Waals surface area contributed by atoms with Crippen LogP contribution >= 0.6 is 7.60 Å². The molecular weight excluding hydrogens is 263 g/mol. The van der Waals surface area contributed by atoms with Crippen LogP contribution in [0.15, 0.2) is 16.6 Å². The summed E-state index contributed by atoms with van der Waals surface area (Å²) in [6.07, 6.45) is 4.72. The summed E-state index contributed by atoms with van der Waals surface area (Å²) in [6.45, 7) is 3.81. The van der Waals surface area contributed by atoms with Gasteiger partial charge in [-0.1, -0.05) is 0 Å². The van der Waals surface area contributed by atoms with Gasteiger partial charge in [-0.05, 0) is 56.9 Å². The first-order chi connectivity index (χ1) is 9.12. The maximum absolute atomic E-state index is 12.6. The lowest BCUT2D eigenvalue weighted by Gasteiger charge is -2.18. The van der Waals surface area contributed by atoms with Gasteiger partial charge in [0.1, 0.15) is 5.31 Å². The van der Waals surface area contributed by atoms with Crippen molar-refractivity contribution < 1.29 is 18.7 Å². The summed E-state index contributed by atoms with van der Waals surface area (Å²) in [5.74, 6) is 1.31. The second-order valence-corrected chi connectivity index (χ2v) is 7.22. The molecule has 2 fully saturated rings. The lowest BCUT2D eigenvalue weighted by atomic mass is 9.95. The molecule has 108 valence electrons. The van der Waals surface area contributed by atoms with Gasteiger partial charge >= 0.3 is 7.60 Å². The van der Waals surface area contributed by atoms with E-state index < -0.39 is 7.60 Å². The first-order valence-corrected chi connectivity index (χ1v) is 8.66. The predicted octanol–water partition coefficient (Wildman–Crippen LogP) is 3.47. The Morgan fingerprint density at radius 2 is 2.05 bits per heavy atom. The maximum atomic E-state index is 12.6. The Labute approximate surface area is 115 Å². The van der Waals surface area contributed by atoms with Gasteiger partial charge in [-0.2, -0.15) is 0 Å². The topological polar surface area (TPSA) is 55.8 Å². The number of rotatable bonds is 6. The van der Waals surface area contributed by atoms with E-state index in [-0.39, 0.29) is 6.61 Å². The van der Waals surface area contributed by atoms with Crippen molar-refractivity contribution in [3.05, 3.63) is 16.6 Å². The molecule has 2 bridgehead atoms. The van der Waals surface area contributed by atoms with Crippen molar-refractivity contribution in [3.63, 3.8) is 0 Å². The zero-order chi connectivity index (χ0) is 13.9. The highest BCUT2D eigenvalue weighted by Gasteiger charge is 2.36. The maximum Gasteiger partial charge on any atom is 0.367 e. The Morgan fingerprint density at radius 1 is 1.37 bits per heavy atom. The van der Waals surface area contributed by atoms with E-state index in [4.69, 9.17) is 9.05 Å². The zero-order valence-electron chi connectivity index (χ0n) is 11.7. The van der Waals surface area contributed by atoms with E-state index in [9.17, 15) is 9.67 Å². The van der Waals surface area contributed by atoms with Crippen LogP contribution in [0.4, 0.5) is 0 Å². The third-order valence-corrected chi connectivity index (χ3v) is 6.04. The van der Waals surface area contributed by atoms with E-state index >= 15 is 0 Å². The predicted molar refractivity (Wildman–Crippen MR) is 73.9 cm³/mol. The molecule has 19 heavy (non-hydrogen) atoms. The van der Waals surface area contributed by atoms with E-state index in [1.807, 2.05) is 0 Å². The van der Waals surface area contributed by atoms with Crippen LogP contribution in [-0.2, 0) is 13.6 Å². The fraction of sp³-hybridized carbons (Fsp3) is 0.786. The quantitative estimate of drug-likeness (QED) is 0.600. The summed E-state index contributed by atoms with van der Waals surface area (Å²) in [7, 11) is -3.37. The summed E-state index contributed by atoms with van der Waals surface area (Å²) in [5, 5.41) is 9.79. The molecule has 0 aromatic rings. The van der Waals surface area contributed by atoms with Gasteiger partial charge in [0.2, 0.25) is 0 Å². The molecule has 4 nitrogen and oxygen atoms in total. The second kappa shape index (κ2) is 6.39. The molecule has 0 amide bonds. The highest BCUT2D eigenvalue weighted by Crippen LogP contribution is 2.56. The van der Waals surface area contributed by atoms with Crippen molar-refractivity contribution >= 4 is 7.60 Å². The van der Waals surface area contributed by atoms with Gasteiger partial charge in [0.15, 0.2) is 0 Å². The third kappa shape index (κ3) is 3.21. The minimum absolute atomic E-state index is 0.291. The number of fused-ring (bicyclic) bond motifs is 2. The Kier molecular flexibility index (Phi) is 5.05. The number of hydrogen-bond acceptors (Lipinski definition) is 4. The minimum Gasteiger partial charge on any atom is -0.391 e. The van der Waals surface area contributed by atoms with Crippen molar-refractivity contribution in [2.75, 3.05) is 19.8 Å². The molecule has 0 radical (unpaired) electrons. The summed E-state index contributed by atoms with van der Waals surface area (Å²) >= 11 is 0. The van der Waals surface area contributed by atoms with E-state index in [1.165, 1.54) is 24.8 Å². The summed E-state index contributed by atoms with van der Waals surface area (Å²) in [6, 6.07) is 0. The number of aliphatic hydroxyl groups is 1. The summed E-state index contributed by atoms with van der Waals surface area (Å²) in [4.78, 5) is 0.